The summed E-state index contributed by atoms with van der Waals surface area (Å²) in [4.78, 5) is 0. The van der Waals surface area contributed by atoms with Crippen molar-refractivity contribution in [2.24, 2.45) is 0 Å². The lowest BCUT2D eigenvalue weighted by atomic mass is 9.88. The lowest BCUT2D eigenvalue weighted by molar-refractivity contribution is 0.0717. The van der Waals surface area contributed by atoms with E-state index in [1.54, 1.807) is 27.7 Å². The number of hydrogen-bond acceptors (Lipinski definition) is 2. The number of allylic oxidation sites excluding steroid dienone is 1. The normalized spacial score (nSPS) is 12.6. The van der Waals surface area contributed by atoms with E-state index in [9.17, 15) is 10.2 Å². The van der Waals surface area contributed by atoms with Gasteiger partial charge in [-0.25, -0.2) is 0 Å². The van der Waals surface area contributed by atoms with Crippen LogP contribution in [0.25, 0.3) is 5.57 Å². The molecule has 0 aliphatic heterocycles. The maximum absolute atomic E-state index is 10.1. The summed E-state index contributed by atoms with van der Waals surface area (Å²) in [6.45, 7) is 12.8. The Balaban J connectivity index is 3.45. The third-order valence-electron chi connectivity index (χ3n) is 2.84. The second-order valence-corrected chi connectivity index (χ2v) is 5.70. The van der Waals surface area contributed by atoms with Crippen LogP contribution in [0.15, 0.2) is 24.8 Å². The van der Waals surface area contributed by atoms with Crippen molar-refractivity contribution in [3.05, 3.63) is 41.5 Å². The first kappa shape index (κ1) is 13.9. The molecule has 0 aliphatic rings. The van der Waals surface area contributed by atoms with Gasteiger partial charge < -0.3 is 10.2 Å². The number of aliphatic hydroxyl groups is 2. The van der Waals surface area contributed by atoms with Crippen molar-refractivity contribution in [1.82, 2.24) is 0 Å². The van der Waals surface area contributed by atoms with Crippen molar-refractivity contribution in [3.8, 4) is 0 Å². The standard InChI is InChI=1S/C15H22O2/c1-10(2)11-7-12(14(3,4)16)9-13(8-11)15(5,6)17/h7-9,16-17H,1H2,2-6H3. The molecule has 1 aromatic carbocycles. The number of benzene rings is 1. The Morgan fingerprint density at radius 3 is 1.53 bits per heavy atom. The lowest BCUT2D eigenvalue weighted by Crippen LogP contribution is -2.20. The van der Waals surface area contributed by atoms with E-state index in [-0.39, 0.29) is 0 Å². The Morgan fingerprint density at radius 1 is 0.941 bits per heavy atom. The minimum absolute atomic E-state index is 0.787. The van der Waals surface area contributed by atoms with Crippen LogP contribution in [-0.4, -0.2) is 10.2 Å². The topological polar surface area (TPSA) is 40.5 Å². The van der Waals surface area contributed by atoms with Crippen LogP contribution < -0.4 is 0 Å². The molecule has 1 rings (SSSR count). The van der Waals surface area contributed by atoms with Gasteiger partial charge >= 0.3 is 0 Å². The second kappa shape index (κ2) is 4.28. The number of hydrogen-bond donors (Lipinski definition) is 2. The molecule has 0 saturated heterocycles. The van der Waals surface area contributed by atoms with Crippen LogP contribution in [0.2, 0.25) is 0 Å². The summed E-state index contributed by atoms with van der Waals surface area (Å²) in [6.07, 6.45) is 0. The van der Waals surface area contributed by atoms with Gasteiger partial charge in [-0.1, -0.05) is 18.2 Å². The van der Waals surface area contributed by atoms with Gasteiger partial charge in [0.1, 0.15) is 0 Å². The molecule has 0 aliphatic carbocycles. The van der Waals surface area contributed by atoms with Gasteiger partial charge in [-0.3, -0.25) is 0 Å². The third kappa shape index (κ3) is 3.42. The molecule has 0 spiro atoms. The quantitative estimate of drug-likeness (QED) is 0.843. The summed E-state index contributed by atoms with van der Waals surface area (Å²) in [7, 11) is 0. The molecule has 0 radical (unpaired) electrons. The highest BCUT2D eigenvalue weighted by molar-refractivity contribution is 5.63. The zero-order chi connectivity index (χ0) is 13.4. The molecule has 0 atom stereocenters. The average Bonchev–Trinajstić information content (AvgIpc) is 2.14. The van der Waals surface area contributed by atoms with Gasteiger partial charge in [0.05, 0.1) is 11.2 Å². The molecule has 0 saturated carbocycles. The van der Waals surface area contributed by atoms with Gasteiger partial charge in [-0.15, -0.1) is 0 Å². The van der Waals surface area contributed by atoms with Crippen LogP contribution in [0.4, 0.5) is 0 Å². The Morgan fingerprint density at radius 2 is 1.29 bits per heavy atom. The first-order valence-corrected chi connectivity index (χ1v) is 5.78. The van der Waals surface area contributed by atoms with Crippen molar-refractivity contribution in [3.63, 3.8) is 0 Å². The molecular formula is C15H22O2. The van der Waals surface area contributed by atoms with Gasteiger partial charge in [0, 0.05) is 0 Å². The molecule has 1 aromatic rings. The predicted molar refractivity (Wildman–Crippen MR) is 71.6 cm³/mol. The van der Waals surface area contributed by atoms with Gasteiger partial charge in [-0.05, 0) is 63.4 Å². The van der Waals surface area contributed by atoms with Crippen LogP contribution in [0, 0.1) is 0 Å². The Bertz CT molecular complexity index is 399. The highest BCUT2D eigenvalue weighted by Gasteiger charge is 2.22. The molecule has 17 heavy (non-hydrogen) atoms. The molecule has 94 valence electrons. The molecule has 0 unspecified atom stereocenters. The second-order valence-electron chi connectivity index (χ2n) is 5.70. The summed E-state index contributed by atoms with van der Waals surface area (Å²) >= 11 is 0. The van der Waals surface area contributed by atoms with Gasteiger partial charge in [0.25, 0.3) is 0 Å². The van der Waals surface area contributed by atoms with Crippen LogP contribution in [0.3, 0.4) is 0 Å². The molecule has 2 nitrogen and oxygen atoms in total. The molecule has 0 bridgehead atoms. The maximum Gasteiger partial charge on any atom is 0.0840 e. The first-order valence-electron chi connectivity index (χ1n) is 5.78. The fraction of sp³-hybridized carbons (Fsp3) is 0.467. The smallest absolute Gasteiger partial charge is 0.0840 e. The minimum atomic E-state index is -0.925. The average molecular weight is 234 g/mol. The third-order valence-corrected chi connectivity index (χ3v) is 2.84. The van der Waals surface area contributed by atoms with Gasteiger partial charge in [0.15, 0.2) is 0 Å². The van der Waals surface area contributed by atoms with Gasteiger partial charge in [0.2, 0.25) is 0 Å². The van der Waals surface area contributed by atoms with E-state index in [4.69, 9.17) is 0 Å². The molecule has 2 N–H and O–H groups in total. The summed E-state index contributed by atoms with van der Waals surface area (Å²) in [5.74, 6) is 0. The van der Waals surface area contributed by atoms with E-state index < -0.39 is 11.2 Å². The van der Waals surface area contributed by atoms with Crippen molar-refractivity contribution < 1.29 is 10.2 Å². The van der Waals surface area contributed by atoms with Crippen molar-refractivity contribution >= 4 is 5.57 Å². The fourth-order valence-electron chi connectivity index (χ4n) is 1.58. The molecule has 0 amide bonds. The van der Waals surface area contributed by atoms with E-state index in [0.717, 1.165) is 22.3 Å². The summed E-state index contributed by atoms with van der Waals surface area (Å²) < 4.78 is 0. The van der Waals surface area contributed by atoms with Crippen LogP contribution in [-0.2, 0) is 11.2 Å². The molecule has 2 heteroatoms. The van der Waals surface area contributed by atoms with Crippen molar-refractivity contribution in [2.75, 3.05) is 0 Å². The van der Waals surface area contributed by atoms with Crippen LogP contribution in [0.5, 0.6) is 0 Å². The first-order chi connectivity index (χ1) is 7.51. The van der Waals surface area contributed by atoms with E-state index >= 15 is 0 Å². The van der Waals surface area contributed by atoms with E-state index in [1.807, 2.05) is 25.1 Å². The predicted octanol–water partition coefficient (Wildman–Crippen LogP) is 3.17. The Labute approximate surface area is 104 Å². The Kier molecular flexibility index (Phi) is 3.51. The van der Waals surface area contributed by atoms with Crippen molar-refractivity contribution in [1.29, 1.82) is 0 Å². The van der Waals surface area contributed by atoms with E-state index in [0.29, 0.717) is 0 Å². The van der Waals surface area contributed by atoms with Crippen LogP contribution in [0.1, 0.15) is 51.3 Å². The molecular weight excluding hydrogens is 212 g/mol. The SMILES string of the molecule is C=C(C)c1cc(C(C)(C)O)cc(C(C)(C)O)c1. The Hall–Kier alpha value is -1.12. The lowest BCUT2D eigenvalue weighted by Gasteiger charge is -2.24. The number of rotatable bonds is 3. The monoisotopic (exact) mass is 234 g/mol. The fourth-order valence-corrected chi connectivity index (χ4v) is 1.58. The zero-order valence-electron chi connectivity index (χ0n) is 11.3. The molecule has 0 aromatic heterocycles. The highest BCUT2D eigenvalue weighted by atomic mass is 16.3. The maximum atomic E-state index is 10.1. The molecule has 0 heterocycles. The summed E-state index contributed by atoms with van der Waals surface area (Å²) in [5.41, 5.74) is 1.59. The zero-order valence-corrected chi connectivity index (χ0v) is 11.3. The van der Waals surface area contributed by atoms with E-state index in [2.05, 4.69) is 6.58 Å². The molecule has 0 fully saturated rings. The minimum Gasteiger partial charge on any atom is -0.386 e. The highest BCUT2D eigenvalue weighted by Crippen LogP contribution is 2.29. The summed E-state index contributed by atoms with van der Waals surface area (Å²) in [6, 6.07) is 5.67. The largest absolute Gasteiger partial charge is 0.386 e. The van der Waals surface area contributed by atoms with Crippen LogP contribution >= 0.6 is 0 Å². The van der Waals surface area contributed by atoms with Gasteiger partial charge in [-0.2, -0.15) is 0 Å². The summed E-state index contributed by atoms with van der Waals surface area (Å²) in [5, 5.41) is 20.1. The van der Waals surface area contributed by atoms with E-state index in [1.165, 1.54) is 0 Å². The van der Waals surface area contributed by atoms with Crippen molar-refractivity contribution in [2.45, 2.75) is 45.8 Å².